The van der Waals surface area contributed by atoms with Crippen LogP contribution in [0.5, 0.6) is 0 Å². The third-order valence-corrected chi connectivity index (χ3v) is 2.52. The van der Waals surface area contributed by atoms with Crippen LogP contribution in [0.4, 0.5) is 10.5 Å². The fourth-order valence-corrected chi connectivity index (χ4v) is 1.56. The molecule has 0 radical (unpaired) electrons. The first-order chi connectivity index (χ1) is 9.19. The summed E-state index contributed by atoms with van der Waals surface area (Å²) in [6, 6.07) is 6.66. The van der Waals surface area contributed by atoms with Crippen LogP contribution in [0.2, 0.25) is 0 Å². The van der Waals surface area contributed by atoms with Gasteiger partial charge < -0.3 is 16.4 Å². The van der Waals surface area contributed by atoms with E-state index in [0.717, 1.165) is 5.56 Å². The highest BCUT2D eigenvalue weighted by Gasteiger charge is 2.13. The van der Waals surface area contributed by atoms with E-state index < -0.39 is 0 Å². The largest absolute Gasteiger partial charge is 0.328 e. The van der Waals surface area contributed by atoms with Gasteiger partial charge in [-0.15, -0.1) is 10.2 Å². The number of nitrogens with two attached hydrogens (primary N) is 1. The smallest absolute Gasteiger partial charge is 0.319 e. The predicted octanol–water partition coefficient (Wildman–Crippen LogP) is 0.541. The van der Waals surface area contributed by atoms with E-state index in [0.29, 0.717) is 18.1 Å². The second kappa shape index (κ2) is 5.91. The Morgan fingerprint density at radius 3 is 3.05 bits per heavy atom. The van der Waals surface area contributed by atoms with Crippen molar-refractivity contribution in [2.24, 2.45) is 5.73 Å². The van der Waals surface area contributed by atoms with Crippen molar-refractivity contribution >= 4 is 11.7 Å². The van der Waals surface area contributed by atoms with Crippen LogP contribution in [0, 0.1) is 0 Å². The molecule has 0 fully saturated rings. The second-order valence-electron chi connectivity index (χ2n) is 3.99. The number of H-pyrrole nitrogens is 1. The van der Waals surface area contributed by atoms with Gasteiger partial charge in [-0.05, 0) is 24.6 Å². The number of nitrogens with one attached hydrogen (secondary N) is 3. The molecule has 0 bridgehead atoms. The molecule has 2 aromatic rings. The van der Waals surface area contributed by atoms with Crippen molar-refractivity contribution in [1.29, 1.82) is 0 Å². The van der Waals surface area contributed by atoms with Gasteiger partial charge in [-0.2, -0.15) is 5.21 Å². The number of carbonyl (C=O) groups is 1. The van der Waals surface area contributed by atoms with E-state index in [-0.39, 0.29) is 12.1 Å². The van der Waals surface area contributed by atoms with Crippen LogP contribution >= 0.6 is 0 Å². The van der Waals surface area contributed by atoms with E-state index >= 15 is 0 Å². The minimum Gasteiger partial charge on any atom is -0.328 e. The van der Waals surface area contributed by atoms with Crippen molar-refractivity contribution < 1.29 is 4.79 Å². The Kier molecular flexibility index (Phi) is 4.04. The summed E-state index contributed by atoms with van der Waals surface area (Å²) in [4.78, 5) is 11.8. The molecule has 1 unspecified atom stereocenters. The molecule has 0 saturated carbocycles. The molecule has 8 heteroatoms. The van der Waals surface area contributed by atoms with Gasteiger partial charge in [0.1, 0.15) is 0 Å². The molecule has 5 N–H and O–H groups in total. The van der Waals surface area contributed by atoms with Crippen LogP contribution in [0.25, 0.3) is 0 Å². The minimum atomic E-state index is -0.341. The van der Waals surface area contributed by atoms with E-state index in [1.807, 2.05) is 18.2 Å². The fourth-order valence-electron chi connectivity index (χ4n) is 1.56. The monoisotopic (exact) mass is 261 g/mol. The zero-order chi connectivity index (χ0) is 13.7. The number of urea groups is 1. The van der Waals surface area contributed by atoms with E-state index in [1.165, 1.54) is 0 Å². The van der Waals surface area contributed by atoms with Gasteiger partial charge in [0.15, 0.2) is 5.82 Å². The maximum atomic E-state index is 11.8. The Balaban J connectivity index is 1.93. The van der Waals surface area contributed by atoms with Crippen LogP contribution in [-0.4, -0.2) is 26.7 Å². The molecule has 1 heterocycles. The topological polar surface area (TPSA) is 122 Å². The van der Waals surface area contributed by atoms with Crippen molar-refractivity contribution in [3.63, 3.8) is 0 Å². The molecule has 0 aliphatic rings. The maximum absolute atomic E-state index is 11.8. The van der Waals surface area contributed by atoms with E-state index in [1.54, 1.807) is 13.0 Å². The number of aromatic amines is 1. The van der Waals surface area contributed by atoms with Crippen molar-refractivity contribution in [3.05, 3.63) is 35.7 Å². The first-order valence-corrected chi connectivity index (χ1v) is 5.79. The van der Waals surface area contributed by atoms with E-state index in [9.17, 15) is 4.79 Å². The third kappa shape index (κ3) is 3.49. The molecule has 0 saturated heterocycles. The fraction of sp³-hybridized carbons (Fsp3) is 0.273. The quantitative estimate of drug-likeness (QED) is 0.640. The lowest BCUT2D eigenvalue weighted by Gasteiger charge is -2.11. The average Bonchev–Trinajstić information content (AvgIpc) is 2.92. The molecule has 8 nitrogen and oxygen atoms in total. The number of benzene rings is 1. The third-order valence-electron chi connectivity index (χ3n) is 2.52. The minimum absolute atomic E-state index is 0.337. The summed E-state index contributed by atoms with van der Waals surface area (Å²) < 4.78 is 0. The van der Waals surface area contributed by atoms with Gasteiger partial charge in [0.25, 0.3) is 0 Å². The highest BCUT2D eigenvalue weighted by molar-refractivity contribution is 5.89. The Bertz CT molecular complexity index is 540. The molecular formula is C11H15N7O. The standard InChI is InChI=1S/C11H15N7O/c1-7(10-15-17-18-16-10)13-11(19)14-9-4-2-3-8(5-9)6-12/h2-5,7H,6,12H2,1H3,(H2,13,14,19)(H,15,16,17,18). The summed E-state index contributed by atoms with van der Waals surface area (Å²) in [7, 11) is 0. The molecule has 2 amide bonds. The molecule has 19 heavy (non-hydrogen) atoms. The van der Waals surface area contributed by atoms with Gasteiger partial charge in [-0.25, -0.2) is 4.79 Å². The number of hydrogen-bond acceptors (Lipinski definition) is 5. The lowest BCUT2D eigenvalue weighted by molar-refractivity contribution is 0.249. The van der Waals surface area contributed by atoms with Crippen molar-refractivity contribution in [1.82, 2.24) is 25.9 Å². The second-order valence-corrected chi connectivity index (χ2v) is 3.99. The summed E-state index contributed by atoms with van der Waals surface area (Å²) in [6.07, 6.45) is 0. The number of amides is 2. The number of carbonyl (C=O) groups excluding carboxylic acids is 1. The molecule has 0 spiro atoms. The number of hydrogen-bond donors (Lipinski definition) is 4. The number of aromatic nitrogens is 4. The lowest BCUT2D eigenvalue weighted by Crippen LogP contribution is -2.31. The zero-order valence-electron chi connectivity index (χ0n) is 10.4. The van der Waals surface area contributed by atoms with Gasteiger partial charge in [-0.1, -0.05) is 17.3 Å². The number of tetrazole rings is 1. The lowest BCUT2D eigenvalue weighted by atomic mass is 10.2. The van der Waals surface area contributed by atoms with Gasteiger partial charge in [0.05, 0.1) is 6.04 Å². The van der Waals surface area contributed by atoms with Crippen molar-refractivity contribution in [2.75, 3.05) is 5.32 Å². The molecule has 0 aliphatic heterocycles. The average molecular weight is 261 g/mol. The van der Waals surface area contributed by atoms with Crippen molar-refractivity contribution in [2.45, 2.75) is 19.5 Å². The number of nitrogens with zero attached hydrogens (tertiary/aromatic N) is 3. The molecular weight excluding hydrogens is 246 g/mol. The van der Waals surface area contributed by atoms with E-state index in [2.05, 4.69) is 31.3 Å². The molecule has 1 aromatic carbocycles. The highest BCUT2D eigenvalue weighted by Crippen LogP contribution is 2.10. The van der Waals surface area contributed by atoms with Crippen LogP contribution in [-0.2, 0) is 6.54 Å². The Morgan fingerprint density at radius 1 is 1.53 bits per heavy atom. The SMILES string of the molecule is CC(NC(=O)Nc1cccc(CN)c1)c1nn[nH]n1. The summed E-state index contributed by atoms with van der Waals surface area (Å²) in [6.45, 7) is 2.19. The first-order valence-electron chi connectivity index (χ1n) is 5.79. The number of rotatable bonds is 4. The normalized spacial score (nSPS) is 11.9. The predicted molar refractivity (Wildman–Crippen MR) is 69.1 cm³/mol. The molecule has 1 aromatic heterocycles. The van der Waals surface area contributed by atoms with Gasteiger partial charge in [-0.3, -0.25) is 0 Å². The van der Waals surface area contributed by atoms with Crippen LogP contribution in [0.3, 0.4) is 0 Å². The van der Waals surface area contributed by atoms with Gasteiger partial charge in [0.2, 0.25) is 0 Å². The number of anilines is 1. The van der Waals surface area contributed by atoms with Gasteiger partial charge in [0, 0.05) is 12.2 Å². The Hall–Kier alpha value is -2.48. The summed E-state index contributed by atoms with van der Waals surface area (Å²) >= 11 is 0. The first kappa shape index (κ1) is 13.0. The zero-order valence-corrected chi connectivity index (χ0v) is 10.4. The molecule has 100 valence electrons. The van der Waals surface area contributed by atoms with Crippen LogP contribution in [0.1, 0.15) is 24.4 Å². The van der Waals surface area contributed by atoms with Gasteiger partial charge >= 0.3 is 6.03 Å². The summed E-state index contributed by atoms with van der Waals surface area (Å²) in [5.41, 5.74) is 7.17. The van der Waals surface area contributed by atoms with Crippen molar-refractivity contribution in [3.8, 4) is 0 Å². The summed E-state index contributed by atoms with van der Waals surface area (Å²) in [5, 5.41) is 18.8. The maximum Gasteiger partial charge on any atom is 0.319 e. The Labute approximate surface area is 109 Å². The van der Waals surface area contributed by atoms with Crippen LogP contribution in [0.15, 0.2) is 24.3 Å². The highest BCUT2D eigenvalue weighted by atomic mass is 16.2. The summed E-state index contributed by atoms with van der Waals surface area (Å²) in [5.74, 6) is 0.422. The Morgan fingerprint density at radius 2 is 2.37 bits per heavy atom. The molecule has 0 aliphatic carbocycles. The van der Waals surface area contributed by atoms with E-state index in [4.69, 9.17) is 5.73 Å². The van der Waals surface area contributed by atoms with Crippen LogP contribution < -0.4 is 16.4 Å². The molecule has 2 rings (SSSR count). The molecule has 1 atom stereocenters.